The van der Waals surface area contributed by atoms with E-state index in [4.69, 9.17) is 0 Å². The highest BCUT2D eigenvalue weighted by molar-refractivity contribution is 5.86. The maximum atomic E-state index is 12.3. The van der Waals surface area contributed by atoms with Crippen molar-refractivity contribution in [2.24, 2.45) is 0 Å². The Kier molecular flexibility index (Phi) is 5.15. The van der Waals surface area contributed by atoms with Crippen molar-refractivity contribution in [3.8, 4) is 0 Å². The van der Waals surface area contributed by atoms with Crippen molar-refractivity contribution in [2.75, 3.05) is 19.7 Å². The smallest absolute Gasteiger partial charge is 0.240 e. The number of benzene rings is 1. The number of hydrogen-bond donors (Lipinski definition) is 3. The summed E-state index contributed by atoms with van der Waals surface area (Å²) in [6, 6.07) is 10.0. The van der Waals surface area contributed by atoms with Crippen LogP contribution >= 0.6 is 0 Å². The first kappa shape index (κ1) is 15.0. The number of hydrogen-bond acceptors (Lipinski definition) is 3. The van der Waals surface area contributed by atoms with Crippen molar-refractivity contribution in [2.45, 2.75) is 37.6 Å². The van der Waals surface area contributed by atoms with Gasteiger partial charge in [-0.3, -0.25) is 4.79 Å². The first-order valence-electron chi connectivity index (χ1n) is 7.35. The molecule has 1 aromatic carbocycles. The van der Waals surface area contributed by atoms with E-state index >= 15 is 0 Å². The highest BCUT2D eigenvalue weighted by Crippen LogP contribution is 2.21. The zero-order valence-corrected chi connectivity index (χ0v) is 12.1. The summed E-state index contributed by atoms with van der Waals surface area (Å²) < 4.78 is 0. The molecular formula is C16H24N2O2. The van der Waals surface area contributed by atoms with Gasteiger partial charge in [-0.25, -0.2) is 0 Å². The molecule has 1 amide bonds. The molecule has 0 radical (unpaired) electrons. The lowest BCUT2D eigenvalue weighted by Crippen LogP contribution is -2.51. The molecule has 2 rings (SSSR count). The van der Waals surface area contributed by atoms with Gasteiger partial charge in [-0.1, -0.05) is 30.3 Å². The number of aliphatic hydroxyl groups excluding tert-OH is 1. The molecule has 4 nitrogen and oxygen atoms in total. The summed E-state index contributed by atoms with van der Waals surface area (Å²) in [7, 11) is 0. The number of amides is 1. The van der Waals surface area contributed by atoms with Crippen LogP contribution in [0.2, 0.25) is 0 Å². The van der Waals surface area contributed by atoms with E-state index in [2.05, 4.69) is 10.6 Å². The summed E-state index contributed by atoms with van der Waals surface area (Å²) in [6.07, 6.45) is 2.59. The lowest BCUT2D eigenvalue weighted by Gasteiger charge is -2.25. The molecule has 0 bridgehead atoms. The van der Waals surface area contributed by atoms with E-state index in [1.165, 1.54) is 0 Å². The monoisotopic (exact) mass is 276 g/mol. The summed E-state index contributed by atoms with van der Waals surface area (Å²) in [5, 5.41) is 15.5. The number of carbonyl (C=O) groups is 1. The third-order valence-corrected chi connectivity index (χ3v) is 4.13. The fraction of sp³-hybridized carbons (Fsp3) is 0.562. The maximum absolute atomic E-state index is 12.3. The van der Waals surface area contributed by atoms with Crippen molar-refractivity contribution in [1.29, 1.82) is 0 Å². The van der Waals surface area contributed by atoms with Crippen LogP contribution in [0.25, 0.3) is 0 Å². The largest absolute Gasteiger partial charge is 0.396 e. The van der Waals surface area contributed by atoms with E-state index in [9.17, 15) is 9.90 Å². The van der Waals surface area contributed by atoms with Crippen molar-refractivity contribution < 1.29 is 9.90 Å². The molecule has 110 valence electrons. The molecule has 0 aliphatic carbocycles. The summed E-state index contributed by atoms with van der Waals surface area (Å²) in [6.45, 7) is 3.56. The normalized spacial score (nSPS) is 23.5. The van der Waals surface area contributed by atoms with Crippen LogP contribution in [0.15, 0.2) is 30.3 Å². The van der Waals surface area contributed by atoms with Crippen molar-refractivity contribution in [3.05, 3.63) is 35.9 Å². The van der Waals surface area contributed by atoms with Crippen molar-refractivity contribution >= 4 is 5.91 Å². The van der Waals surface area contributed by atoms with Crippen LogP contribution in [-0.4, -0.2) is 36.2 Å². The quantitative estimate of drug-likeness (QED) is 0.736. The van der Waals surface area contributed by atoms with Crippen LogP contribution in [0.4, 0.5) is 0 Å². The van der Waals surface area contributed by atoms with Gasteiger partial charge in [0, 0.05) is 19.1 Å². The Balaban J connectivity index is 1.94. The minimum Gasteiger partial charge on any atom is -0.396 e. The molecule has 1 aromatic rings. The summed E-state index contributed by atoms with van der Waals surface area (Å²) in [4.78, 5) is 12.3. The minimum atomic E-state index is -0.430. The van der Waals surface area contributed by atoms with E-state index in [-0.39, 0.29) is 18.4 Å². The minimum absolute atomic E-state index is 0.0638. The number of rotatable bonds is 6. The van der Waals surface area contributed by atoms with Gasteiger partial charge in [-0.2, -0.15) is 0 Å². The van der Waals surface area contributed by atoms with E-state index in [0.717, 1.165) is 24.9 Å². The first-order valence-corrected chi connectivity index (χ1v) is 7.35. The highest BCUT2D eigenvalue weighted by Gasteiger charge is 2.35. The molecule has 20 heavy (non-hydrogen) atoms. The van der Waals surface area contributed by atoms with Gasteiger partial charge in [0.1, 0.15) is 0 Å². The third kappa shape index (κ3) is 3.58. The topological polar surface area (TPSA) is 61.4 Å². The Labute approximate surface area is 120 Å². The molecule has 1 aliphatic heterocycles. The predicted octanol–water partition coefficient (Wildman–Crippen LogP) is 1.41. The van der Waals surface area contributed by atoms with Gasteiger partial charge < -0.3 is 15.7 Å². The molecule has 2 unspecified atom stereocenters. The van der Waals surface area contributed by atoms with Gasteiger partial charge in [-0.15, -0.1) is 0 Å². The first-order chi connectivity index (χ1) is 9.65. The molecule has 2 atom stereocenters. The Hall–Kier alpha value is -1.39. The second-order valence-corrected chi connectivity index (χ2v) is 5.69. The van der Waals surface area contributed by atoms with Crippen LogP contribution in [-0.2, 0) is 4.79 Å². The van der Waals surface area contributed by atoms with Gasteiger partial charge in [0.05, 0.1) is 5.54 Å². The molecule has 1 heterocycles. The van der Waals surface area contributed by atoms with Gasteiger partial charge in [0.25, 0.3) is 0 Å². The molecule has 4 heteroatoms. The molecule has 1 saturated heterocycles. The van der Waals surface area contributed by atoms with E-state index in [1.54, 1.807) is 0 Å². The van der Waals surface area contributed by atoms with Crippen LogP contribution in [0.1, 0.15) is 37.7 Å². The number of carbonyl (C=O) groups excluding carboxylic acids is 1. The zero-order valence-electron chi connectivity index (χ0n) is 12.1. The van der Waals surface area contributed by atoms with Crippen LogP contribution in [0.5, 0.6) is 0 Å². The van der Waals surface area contributed by atoms with Crippen LogP contribution < -0.4 is 10.6 Å². The second-order valence-electron chi connectivity index (χ2n) is 5.69. The summed E-state index contributed by atoms with van der Waals surface area (Å²) >= 11 is 0. The zero-order chi connectivity index (χ0) is 14.4. The molecule has 1 fully saturated rings. The van der Waals surface area contributed by atoms with E-state index in [1.807, 2.05) is 37.3 Å². The van der Waals surface area contributed by atoms with E-state index < -0.39 is 5.54 Å². The second kappa shape index (κ2) is 6.86. The molecule has 0 spiro atoms. The summed E-state index contributed by atoms with van der Waals surface area (Å²) in [5.74, 6) is 0.226. The predicted molar refractivity (Wildman–Crippen MR) is 79.5 cm³/mol. The average Bonchev–Trinajstić information content (AvgIpc) is 2.92. The lowest BCUT2D eigenvalue weighted by molar-refractivity contribution is -0.126. The highest BCUT2D eigenvalue weighted by atomic mass is 16.3. The molecule has 3 N–H and O–H groups in total. The molecule has 0 aromatic heterocycles. The average molecular weight is 276 g/mol. The number of aliphatic hydroxyl groups is 1. The van der Waals surface area contributed by atoms with Gasteiger partial charge in [-0.05, 0) is 38.3 Å². The fourth-order valence-electron chi connectivity index (χ4n) is 2.77. The Morgan fingerprint density at radius 1 is 1.45 bits per heavy atom. The van der Waals surface area contributed by atoms with E-state index in [0.29, 0.717) is 13.0 Å². The van der Waals surface area contributed by atoms with Crippen molar-refractivity contribution in [1.82, 2.24) is 10.6 Å². The summed E-state index contributed by atoms with van der Waals surface area (Å²) in [5.41, 5.74) is 0.729. The third-order valence-electron chi connectivity index (χ3n) is 4.13. The van der Waals surface area contributed by atoms with Crippen LogP contribution in [0, 0.1) is 0 Å². The standard InChI is InChI=1S/C16H24N2O2/c1-16(9-5-10-18-16)15(20)17-12-14(8-11-19)13-6-3-2-4-7-13/h2-4,6-7,14,18-19H,5,8-12H2,1H3,(H,17,20). The Bertz CT molecular complexity index is 427. The van der Waals surface area contributed by atoms with Gasteiger partial charge in [0.15, 0.2) is 0 Å². The molecule has 1 aliphatic rings. The molecular weight excluding hydrogens is 252 g/mol. The van der Waals surface area contributed by atoms with Gasteiger partial charge >= 0.3 is 0 Å². The maximum Gasteiger partial charge on any atom is 0.240 e. The Morgan fingerprint density at radius 2 is 2.20 bits per heavy atom. The van der Waals surface area contributed by atoms with Crippen LogP contribution in [0.3, 0.4) is 0 Å². The molecule has 0 saturated carbocycles. The van der Waals surface area contributed by atoms with Crippen molar-refractivity contribution in [3.63, 3.8) is 0 Å². The number of nitrogens with one attached hydrogen (secondary N) is 2. The van der Waals surface area contributed by atoms with Gasteiger partial charge in [0.2, 0.25) is 5.91 Å². The SMILES string of the molecule is CC1(C(=O)NCC(CCO)c2ccccc2)CCCN1. The Morgan fingerprint density at radius 3 is 2.80 bits per heavy atom. The lowest BCUT2D eigenvalue weighted by atomic mass is 9.94. The fourth-order valence-corrected chi connectivity index (χ4v) is 2.77.